The average molecular weight is 312 g/mol. The molecule has 0 amide bonds. The quantitative estimate of drug-likeness (QED) is 0.507. The van der Waals surface area contributed by atoms with Gasteiger partial charge in [-0.3, -0.25) is 0 Å². The van der Waals surface area contributed by atoms with Crippen LogP contribution in [0.15, 0.2) is 23.2 Å². The summed E-state index contributed by atoms with van der Waals surface area (Å²) < 4.78 is 121. The van der Waals surface area contributed by atoms with Gasteiger partial charge < -0.3 is 4.74 Å². The van der Waals surface area contributed by atoms with E-state index in [0.29, 0.717) is 0 Å². The number of alkyl halides is 6. The second kappa shape index (κ2) is 3.70. The SMILES string of the molecule is O=C1OC2=C(F)C(F)=C(F)C(F)C2(F)C(F)(F)C1(F)F. The van der Waals surface area contributed by atoms with Crippen molar-refractivity contribution in [1.82, 2.24) is 0 Å². The topological polar surface area (TPSA) is 26.3 Å². The molecule has 1 saturated heterocycles. The maximum Gasteiger partial charge on any atom is 0.408 e. The molecule has 0 aromatic rings. The van der Waals surface area contributed by atoms with Crippen LogP contribution in [0, 0.1) is 0 Å². The lowest BCUT2D eigenvalue weighted by atomic mass is 9.80. The monoisotopic (exact) mass is 312 g/mol. The smallest absolute Gasteiger partial charge is 0.408 e. The highest BCUT2D eigenvalue weighted by Crippen LogP contribution is 2.59. The minimum Gasteiger partial charge on any atom is -0.419 e. The fourth-order valence-corrected chi connectivity index (χ4v) is 1.70. The second-order valence-electron chi connectivity index (χ2n) is 3.92. The van der Waals surface area contributed by atoms with Crippen molar-refractivity contribution in [1.29, 1.82) is 0 Å². The van der Waals surface area contributed by atoms with Crippen LogP contribution < -0.4 is 0 Å². The fraction of sp³-hybridized carbons (Fsp3) is 0.444. The molecule has 11 heteroatoms. The Morgan fingerprint density at radius 3 is 1.95 bits per heavy atom. The van der Waals surface area contributed by atoms with Gasteiger partial charge in [-0.15, -0.1) is 0 Å². The Hall–Kier alpha value is -1.68. The van der Waals surface area contributed by atoms with E-state index in [1.165, 1.54) is 0 Å². The molecule has 20 heavy (non-hydrogen) atoms. The zero-order chi connectivity index (χ0) is 15.7. The second-order valence-corrected chi connectivity index (χ2v) is 3.92. The van der Waals surface area contributed by atoms with Crippen LogP contribution in [-0.2, 0) is 9.53 Å². The van der Waals surface area contributed by atoms with E-state index >= 15 is 0 Å². The molecule has 0 radical (unpaired) electrons. The van der Waals surface area contributed by atoms with Crippen molar-refractivity contribution < 1.29 is 49.0 Å². The molecule has 2 atom stereocenters. The Kier molecular flexibility index (Phi) is 2.72. The van der Waals surface area contributed by atoms with Crippen LogP contribution in [0.5, 0.6) is 0 Å². The lowest BCUT2D eigenvalue weighted by molar-refractivity contribution is -0.298. The molecule has 2 nitrogen and oxygen atoms in total. The van der Waals surface area contributed by atoms with E-state index in [1.807, 2.05) is 0 Å². The summed E-state index contributed by atoms with van der Waals surface area (Å²) >= 11 is 0. The lowest BCUT2D eigenvalue weighted by Gasteiger charge is -2.43. The molecular formula is C9HF9O2. The van der Waals surface area contributed by atoms with E-state index in [4.69, 9.17) is 0 Å². The molecule has 2 unspecified atom stereocenters. The number of carbonyl (C=O) groups excluding carboxylic acids is 1. The minimum absolute atomic E-state index is 2.66. The summed E-state index contributed by atoms with van der Waals surface area (Å²) in [7, 11) is 0. The number of hydrogen-bond donors (Lipinski definition) is 0. The molecule has 1 heterocycles. The van der Waals surface area contributed by atoms with E-state index in [9.17, 15) is 44.3 Å². The van der Waals surface area contributed by atoms with Crippen LogP contribution in [0.2, 0.25) is 0 Å². The number of esters is 1. The molecular weight excluding hydrogens is 311 g/mol. The number of rotatable bonds is 0. The summed E-state index contributed by atoms with van der Waals surface area (Å²) in [6.45, 7) is 0. The molecule has 1 aliphatic carbocycles. The molecule has 2 aliphatic rings. The number of carbonyl (C=O) groups is 1. The van der Waals surface area contributed by atoms with Gasteiger partial charge >= 0.3 is 17.8 Å². The van der Waals surface area contributed by atoms with Crippen molar-refractivity contribution in [2.75, 3.05) is 0 Å². The zero-order valence-corrected chi connectivity index (χ0v) is 8.80. The highest BCUT2D eigenvalue weighted by molar-refractivity contribution is 5.83. The minimum atomic E-state index is -6.19. The molecule has 1 fully saturated rings. The predicted molar refractivity (Wildman–Crippen MR) is 42.1 cm³/mol. The molecule has 0 saturated carbocycles. The highest BCUT2D eigenvalue weighted by atomic mass is 19.3. The van der Waals surface area contributed by atoms with Gasteiger partial charge in [0.1, 0.15) is 0 Å². The van der Waals surface area contributed by atoms with E-state index in [-0.39, 0.29) is 0 Å². The van der Waals surface area contributed by atoms with Crippen molar-refractivity contribution in [3.05, 3.63) is 23.2 Å². The Bertz CT molecular complexity index is 564. The van der Waals surface area contributed by atoms with E-state index in [2.05, 4.69) is 4.74 Å². The van der Waals surface area contributed by atoms with Gasteiger partial charge in [-0.05, 0) is 0 Å². The first-order chi connectivity index (χ1) is 8.90. The molecule has 0 spiro atoms. The number of halogens is 9. The summed E-state index contributed by atoms with van der Waals surface area (Å²) in [5.74, 6) is -26.4. The van der Waals surface area contributed by atoms with Gasteiger partial charge in [-0.2, -0.15) is 22.0 Å². The summed E-state index contributed by atoms with van der Waals surface area (Å²) in [6, 6.07) is 0. The summed E-state index contributed by atoms with van der Waals surface area (Å²) in [5.41, 5.74) is -5.39. The third kappa shape index (κ3) is 1.30. The van der Waals surface area contributed by atoms with Crippen molar-refractivity contribution in [3.63, 3.8) is 0 Å². The third-order valence-corrected chi connectivity index (χ3v) is 2.81. The zero-order valence-electron chi connectivity index (χ0n) is 8.80. The maximum absolute atomic E-state index is 13.9. The van der Waals surface area contributed by atoms with Crippen LogP contribution in [-0.4, -0.2) is 29.7 Å². The standard InChI is InChI=1S/C9HF9O2/c10-1-2(11)4(13)7(14)5(3(1)12)20-6(19)8(15,16)9(7,17)18/h4H. The Labute approximate surface area is 103 Å². The maximum atomic E-state index is 13.9. The fourth-order valence-electron chi connectivity index (χ4n) is 1.70. The van der Waals surface area contributed by atoms with Crippen molar-refractivity contribution in [2.24, 2.45) is 0 Å². The first kappa shape index (κ1) is 14.7. The average Bonchev–Trinajstić information content (AvgIpc) is 2.37. The van der Waals surface area contributed by atoms with Gasteiger partial charge in [0.05, 0.1) is 0 Å². The summed E-state index contributed by atoms with van der Waals surface area (Å²) in [4.78, 5) is 10.6. The molecule has 112 valence electrons. The van der Waals surface area contributed by atoms with Crippen LogP contribution in [0.25, 0.3) is 0 Å². The van der Waals surface area contributed by atoms with Crippen molar-refractivity contribution >= 4 is 5.97 Å². The van der Waals surface area contributed by atoms with Crippen LogP contribution in [0.1, 0.15) is 0 Å². The normalized spacial score (nSPS) is 35.9. The molecule has 2 rings (SSSR count). The van der Waals surface area contributed by atoms with E-state index < -0.39 is 52.9 Å². The predicted octanol–water partition coefficient (Wildman–Crippen LogP) is 3.21. The third-order valence-electron chi connectivity index (χ3n) is 2.81. The van der Waals surface area contributed by atoms with Gasteiger partial charge in [-0.1, -0.05) is 0 Å². The van der Waals surface area contributed by atoms with Crippen LogP contribution in [0.3, 0.4) is 0 Å². The van der Waals surface area contributed by atoms with E-state index in [1.54, 1.807) is 0 Å². The first-order valence-corrected chi connectivity index (χ1v) is 4.67. The highest BCUT2D eigenvalue weighted by Gasteiger charge is 2.84. The van der Waals surface area contributed by atoms with Gasteiger partial charge in [0, 0.05) is 0 Å². The number of hydrogen-bond acceptors (Lipinski definition) is 2. The van der Waals surface area contributed by atoms with Gasteiger partial charge in [0.15, 0.2) is 17.4 Å². The molecule has 1 aliphatic heterocycles. The number of allylic oxidation sites excluding steroid dienone is 4. The van der Waals surface area contributed by atoms with Gasteiger partial charge in [0.25, 0.3) is 5.67 Å². The largest absolute Gasteiger partial charge is 0.419 e. The van der Waals surface area contributed by atoms with Crippen LogP contribution in [0.4, 0.5) is 39.5 Å². The lowest BCUT2D eigenvalue weighted by Crippen LogP contribution is -2.69. The summed E-state index contributed by atoms with van der Waals surface area (Å²) in [6.07, 6.45) is -4.31. The molecule has 0 bridgehead atoms. The van der Waals surface area contributed by atoms with Gasteiger partial charge in [-0.25, -0.2) is 22.4 Å². The molecule has 0 aromatic carbocycles. The van der Waals surface area contributed by atoms with Crippen molar-refractivity contribution in [3.8, 4) is 0 Å². The van der Waals surface area contributed by atoms with E-state index in [0.717, 1.165) is 0 Å². The van der Waals surface area contributed by atoms with Gasteiger partial charge in [0.2, 0.25) is 12.0 Å². The molecule has 0 aromatic heterocycles. The van der Waals surface area contributed by atoms with Crippen molar-refractivity contribution in [2.45, 2.75) is 23.7 Å². The Balaban J connectivity index is 2.80. The van der Waals surface area contributed by atoms with Crippen LogP contribution >= 0.6 is 0 Å². The first-order valence-electron chi connectivity index (χ1n) is 4.67. The Morgan fingerprint density at radius 1 is 0.950 bits per heavy atom. The number of fused-ring (bicyclic) bond motifs is 1. The Morgan fingerprint density at radius 2 is 1.45 bits per heavy atom. The summed E-state index contributed by atoms with van der Waals surface area (Å²) in [5, 5.41) is 0. The molecule has 0 N–H and O–H groups in total. The number of ether oxygens (including phenoxy) is 1.